The molecule has 2 nitrogen and oxygen atoms in total. The predicted octanol–water partition coefficient (Wildman–Crippen LogP) is 9.80. The van der Waals surface area contributed by atoms with Crippen molar-refractivity contribution < 1.29 is 4.42 Å². The van der Waals surface area contributed by atoms with Gasteiger partial charge in [0.1, 0.15) is 11.2 Å². The molecule has 0 saturated carbocycles. The Labute approximate surface area is 256 Å². The lowest BCUT2D eigenvalue weighted by atomic mass is 9.97. The third kappa shape index (κ3) is 4.11. The van der Waals surface area contributed by atoms with Crippen LogP contribution in [-0.4, -0.2) is 4.57 Å². The summed E-state index contributed by atoms with van der Waals surface area (Å²) in [5.41, 5.74) is 12.4. The van der Waals surface area contributed by atoms with Gasteiger partial charge in [0.05, 0.1) is 10.9 Å². The maximum Gasteiger partial charge on any atom is 0.143 e. The maximum absolute atomic E-state index is 6.37. The normalized spacial score (nSPS) is 12.3. The van der Waals surface area contributed by atoms with Crippen LogP contribution in [0.3, 0.4) is 0 Å². The third-order valence-electron chi connectivity index (χ3n) is 8.90. The fourth-order valence-corrected chi connectivity index (χ4v) is 6.74. The van der Waals surface area contributed by atoms with E-state index in [1.807, 2.05) is 12.1 Å². The third-order valence-corrected chi connectivity index (χ3v) is 8.90. The fraction of sp³-hybridized carbons (Fsp3) is 0.0476. The van der Waals surface area contributed by atoms with Gasteiger partial charge in [0.15, 0.2) is 0 Å². The van der Waals surface area contributed by atoms with Crippen molar-refractivity contribution in [3.8, 4) is 27.9 Å². The van der Waals surface area contributed by atoms with Crippen molar-refractivity contribution in [1.29, 1.82) is 0 Å². The minimum Gasteiger partial charge on any atom is -0.455 e. The molecule has 0 spiro atoms. The standard InChI is InChI=1S/C42H31NO/c1-27-13-7-8-18-34(27)28(2)41-29(3)38-26-31(23-24-39(38)43(41)33-16-5-4-6-17-33)30-14-11-15-32(25-30)35-20-12-21-37-36-19-9-10-22-40(36)44-42(35)37/h4-26H,3H2,1-2H3/b41-28+. The quantitative estimate of drug-likeness (QED) is 0.208. The predicted molar refractivity (Wildman–Crippen MR) is 186 cm³/mol. The molecule has 0 saturated heterocycles. The van der Waals surface area contributed by atoms with Crippen molar-refractivity contribution in [2.75, 3.05) is 0 Å². The highest BCUT2D eigenvalue weighted by Crippen LogP contribution is 2.37. The van der Waals surface area contributed by atoms with Crippen molar-refractivity contribution >= 4 is 45.0 Å². The van der Waals surface area contributed by atoms with Crippen molar-refractivity contribution in [3.63, 3.8) is 0 Å². The zero-order valence-electron chi connectivity index (χ0n) is 24.8. The van der Waals surface area contributed by atoms with Crippen LogP contribution >= 0.6 is 0 Å². The van der Waals surface area contributed by atoms with Gasteiger partial charge in [-0.15, -0.1) is 0 Å². The Balaban J connectivity index is 1.33. The summed E-state index contributed by atoms with van der Waals surface area (Å²) >= 11 is 0. The highest BCUT2D eigenvalue weighted by molar-refractivity contribution is 6.09. The van der Waals surface area contributed by atoms with Gasteiger partial charge in [-0.05, 0) is 83.6 Å². The molecule has 0 radical (unpaired) electrons. The van der Waals surface area contributed by atoms with Crippen LogP contribution < -0.4 is 10.6 Å². The molecule has 210 valence electrons. The van der Waals surface area contributed by atoms with Crippen molar-refractivity contribution in [2.45, 2.75) is 13.8 Å². The summed E-state index contributed by atoms with van der Waals surface area (Å²) in [5, 5.41) is 5.61. The zero-order valence-corrected chi connectivity index (χ0v) is 24.8. The Morgan fingerprint density at radius 1 is 0.614 bits per heavy atom. The van der Waals surface area contributed by atoms with Crippen molar-refractivity contribution in [2.24, 2.45) is 0 Å². The first-order valence-corrected chi connectivity index (χ1v) is 15.1. The minimum absolute atomic E-state index is 0.913. The summed E-state index contributed by atoms with van der Waals surface area (Å²) < 4.78 is 8.73. The van der Waals surface area contributed by atoms with E-state index in [0.717, 1.165) is 71.4 Å². The molecule has 6 aromatic carbocycles. The molecule has 44 heavy (non-hydrogen) atoms. The molecule has 2 heterocycles. The summed E-state index contributed by atoms with van der Waals surface area (Å²) in [6, 6.07) is 49.4. The Hall–Kier alpha value is -5.60. The first kappa shape index (κ1) is 26.1. The van der Waals surface area contributed by atoms with Gasteiger partial charge in [-0.3, -0.25) is 0 Å². The monoisotopic (exact) mass is 565 g/mol. The van der Waals surface area contributed by atoms with Gasteiger partial charge in [0, 0.05) is 32.6 Å². The molecule has 0 aliphatic carbocycles. The highest BCUT2D eigenvalue weighted by atomic mass is 16.3. The van der Waals surface area contributed by atoms with E-state index in [1.54, 1.807) is 0 Å². The summed E-state index contributed by atoms with van der Waals surface area (Å²) in [4.78, 5) is 0. The number of aryl methyl sites for hydroxylation is 1. The Morgan fingerprint density at radius 3 is 2.18 bits per heavy atom. The molecule has 0 aliphatic heterocycles. The average Bonchev–Trinajstić information content (AvgIpc) is 3.60. The van der Waals surface area contributed by atoms with Crippen LogP contribution in [0.4, 0.5) is 0 Å². The Morgan fingerprint density at radius 2 is 1.32 bits per heavy atom. The molecule has 8 rings (SSSR count). The topological polar surface area (TPSA) is 18.1 Å². The van der Waals surface area contributed by atoms with E-state index in [9.17, 15) is 0 Å². The van der Waals surface area contributed by atoms with Crippen LogP contribution in [0, 0.1) is 6.92 Å². The number of rotatable bonds is 4. The minimum atomic E-state index is 0.913. The smallest absolute Gasteiger partial charge is 0.143 e. The zero-order chi connectivity index (χ0) is 29.8. The van der Waals surface area contributed by atoms with E-state index in [0.29, 0.717) is 0 Å². The summed E-state index contributed by atoms with van der Waals surface area (Å²) in [6.45, 7) is 9.06. The molecule has 8 aromatic rings. The van der Waals surface area contributed by atoms with Gasteiger partial charge in [-0.2, -0.15) is 0 Å². The number of benzene rings is 6. The first-order chi connectivity index (χ1) is 21.6. The van der Waals surface area contributed by atoms with Gasteiger partial charge in [0.2, 0.25) is 0 Å². The lowest BCUT2D eigenvalue weighted by Gasteiger charge is -2.11. The molecular weight excluding hydrogens is 534 g/mol. The molecule has 0 fully saturated rings. The van der Waals surface area contributed by atoms with Crippen LogP contribution in [0.1, 0.15) is 18.1 Å². The summed E-state index contributed by atoms with van der Waals surface area (Å²) in [7, 11) is 0. The van der Waals surface area contributed by atoms with E-state index in [1.165, 1.54) is 16.7 Å². The van der Waals surface area contributed by atoms with Gasteiger partial charge >= 0.3 is 0 Å². The number of hydrogen-bond donors (Lipinski definition) is 0. The Kier molecular flexibility index (Phi) is 6.09. The van der Waals surface area contributed by atoms with Crippen LogP contribution in [-0.2, 0) is 0 Å². The van der Waals surface area contributed by atoms with Crippen molar-refractivity contribution in [3.05, 3.63) is 161 Å². The maximum atomic E-state index is 6.37. The number of para-hydroxylation sites is 3. The second kappa shape index (κ2) is 10.3. The lowest BCUT2D eigenvalue weighted by Crippen LogP contribution is -2.30. The SMILES string of the molecule is C=c1/c(=C(/C)c2ccccc2C)n(-c2ccccc2)c2ccc(-c3cccc(-c4cccc5c4oc4ccccc45)c3)cc12. The van der Waals surface area contributed by atoms with Crippen LogP contribution in [0.25, 0.3) is 72.9 Å². The molecule has 0 amide bonds. The van der Waals surface area contributed by atoms with E-state index >= 15 is 0 Å². The van der Waals surface area contributed by atoms with Crippen LogP contribution in [0.2, 0.25) is 0 Å². The van der Waals surface area contributed by atoms with E-state index in [4.69, 9.17) is 4.42 Å². The number of hydrogen-bond acceptors (Lipinski definition) is 1. The van der Waals surface area contributed by atoms with Crippen LogP contribution in [0.5, 0.6) is 0 Å². The van der Waals surface area contributed by atoms with E-state index < -0.39 is 0 Å². The van der Waals surface area contributed by atoms with Crippen LogP contribution in [0.15, 0.2) is 144 Å². The first-order valence-electron chi connectivity index (χ1n) is 15.1. The number of nitrogens with zero attached hydrogens (tertiary/aromatic N) is 1. The Bertz CT molecular complexity index is 2480. The van der Waals surface area contributed by atoms with Gasteiger partial charge in [-0.25, -0.2) is 0 Å². The molecule has 0 unspecified atom stereocenters. The largest absolute Gasteiger partial charge is 0.455 e. The summed E-state index contributed by atoms with van der Waals surface area (Å²) in [6.07, 6.45) is 0. The molecule has 0 aliphatic rings. The van der Waals surface area contributed by atoms with E-state index in [-0.39, 0.29) is 0 Å². The fourth-order valence-electron chi connectivity index (χ4n) is 6.74. The highest BCUT2D eigenvalue weighted by Gasteiger charge is 2.15. The molecule has 2 aromatic heterocycles. The average molecular weight is 566 g/mol. The molecule has 2 heteroatoms. The van der Waals surface area contributed by atoms with Gasteiger partial charge in [-0.1, -0.05) is 110 Å². The number of fused-ring (bicyclic) bond motifs is 4. The van der Waals surface area contributed by atoms with Gasteiger partial charge in [0.25, 0.3) is 0 Å². The molecular formula is C42H31NO. The number of furan rings is 1. The molecule has 0 bridgehead atoms. The lowest BCUT2D eigenvalue weighted by molar-refractivity contribution is 0.670. The summed E-state index contributed by atoms with van der Waals surface area (Å²) in [5.74, 6) is 0. The second-order valence-corrected chi connectivity index (χ2v) is 11.5. The molecule has 0 N–H and O–H groups in total. The van der Waals surface area contributed by atoms with Gasteiger partial charge < -0.3 is 8.98 Å². The molecule has 0 atom stereocenters. The number of aromatic nitrogens is 1. The van der Waals surface area contributed by atoms with Crippen molar-refractivity contribution in [1.82, 2.24) is 4.57 Å². The second-order valence-electron chi connectivity index (χ2n) is 11.5. The van der Waals surface area contributed by atoms with E-state index in [2.05, 4.69) is 152 Å².